The molecule has 1 aliphatic rings. The second-order valence-corrected chi connectivity index (χ2v) is 6.42. The molecule has 0 radical (unpaired) electrons. The molecule has 1 N–H and O–H groups in total. The van der Waals surface area contributed by atoms with E-state index in [0.717, 1.165) is 51.6 Å². The van der Waals surface area contributed by atoms with Gasteiger partial charge in [0.1, 0.15) is 0 Å². The van der Waals surface area contributed by atoms with E-state index in [4.69, 9.17) is 0 Å². The molecule has 1 aromatic carbocycles. The van der Waals surface area contributed by atoms with Crippen molar-refractivity contribution in [2.45, 2.75) is 19.9 Å². The summed E-state index contributed by atoms with van der Waals surface area (Å²) in [5.41, 5.74) is 2.51. The van der Waals surface area contributed by atoms with E-state index in [-0.39, 0.29) is 24.0 Å². The number of piperazine rings is 1. The van der Waals surface area contributed by atoms with E-state index >= 15 is 0 Å². The molecule has 0 saturated carbocycles. The number of aromatic nitrogens is 2. The van der Waals surface area contributed by atoms with Gasteiger partial charge in [-0.25, -0.2) is 0 Å². The Morgan fingerprint density at radius 2 is 1.88 bits per heavy atom. The van der Waals surface area contributed by atoms with Crippen LogP contribution in [0.2, 0.25) is 0 Å². The summed E-state index contributed by atoms with van der Waals surface area (Å²) in [6, 6.07) is 10.6. The molecule has 3 rings (SSSR count). The molecule has 0 aliphatic carbocycles. The zero-order valence-electron chi connectivity index (χ0n) is 15.6. The van der Waals surface area contributed by atoms with E-state index in [1.165, 1.54) is 11.3 Å². The maximum absolute atomic E-state index is 4.45. The van der Waals surface area contributed by atoms with Crippen molar-refractivity contribution in [3.05, 3.63) is 48.3 Å². The predicted molar refractivity (Wildman–Crippen MR) is 119 cm³/mol. The van der Waals surface area contributed by atoms with Crippen LogP contribution in [0.25, 0.3) is 0 Å². The van der Waals surface area contributed by atoms with Gasteiger partial charge in [0.15, 0.2) is 5.96 Å². The highest BCUT2D eigenvalue weighted by Gasteiger charge is 2.19. The third-order valence-corrected chi connectivity index (χ3v) is 4.52. The van der Waals surface area contributed by atoms with Crippen LogP contribution in [-0.4, -0.2) is 60.4 Å². The Labute approximate surface area is 173 Å². The molecule has 2 heterocycles. The fraction of sp³-hybridized carbons (Fsp3) is 0.474. The van der Waals surface area contributed by atoms with Gasteiger partial charge in [0.25, 0.3) is 0 Å². The molecule has 0 amide bonds. The van der Waals surface area contributed by atoms with Gasteiger partial charge < -0.3 is 15.1 Å². The van der Waals surface area contributed by atoms with E-state index in [1.54, 1.807) is 0 Å². The van der Waals surface area contributed by atoms with E-state index in [1.807, 2.05) is 17.9 Å². The zero-order valence-corrected chi connectivity index (χ0v) is 18.0. The van der Waals surface area contributed by atoms with Crippen molar-refractivity contribution in [1.29, 1.82) is 0 Å². The molecule has 0 bridgehead atoms. The van der Waals surface area contributed by atoms with Crippen LogP contribution < -0.4 is 10.2 Å². The number of nitrogens with one attached hydrogen (secondary N) is 1. The fourth-order valence-corrected chi connectivity index (χ4v) is 3.18. The van der Waals surface area contributed by atoms with Crippen LogP contribution in [0.5, 0.6) is 0 Å². The van der Waals surface area contributed by atoms with Gasteiger partial charge in [0.2, 0.25) is 0 Å². The molecule has 7 heteroatoms. The highest BCUT2D eigenvalue weighted by atomic mass is 127. The van der Waals surface area contributed by atoms with Crippen molar-refractivity contribution < 1.29 is 0 Å². The molecule has 26 heavy (non-hydrogen) atoms. The van der Waals surface area contributed by atoms with Crippen LogP contribution in [0, 0.1) is 6.92 Å². The highest BCUT2D eigenvalue weighted by molar-refractivity contribution is 14.0. The Hall–Kier alpha value is -1.77. The van der Waals surface area contributed by atoms with Crippen LogP contribution in [0.4, 0.5) is 5.69 Å². The van der Waals surface area contributed by atoms with Crippen molar-refractivity contribution >= 4 is 35.6 Å². The first kappa shape index (κ1) is 20.5. The molecule has 142 valence electrons. The van der Waals surface area contributed by atoms with E-state index in [2.05, 4.69) is 68.7 Å². The minimum absolute atomic E-state index is 0. The van der Waals surface area contributed by atoms with E-state index in [0.29, 0.717) is 0 Å². The quantitative estimate of drug-likeness (QED) is 0.317. The highest BCUT2D eigenvalue weighted by Crippen LogP contribution is 2.15. The van der Waals surface area contributed by atoms with Crippen LogP contribution in [0.1, 0.15) is 12.0 Å². The Balaban J connectivity index is 0.00000243. The first-order valence-corrected chi connectivity index (χ1v) is 9.01. The van der Waals surface area contributed by atoms with Gasteiger partial charge in [-0.1, -0.05) is 18.2 Å². The van der Waals surface area contributed by atoms with Gasteiger partial charge in [0, 0.05) is 58.2 Å². The average molecular weight is 468 g/mol. The van der Waals surface area contributed by atoms with Gasteiger partial charge >= 0.3 is 0 Å². The molecule has 1 saturated heterocycles. The average Bonchev–Trinajstić information content (AvgIpc) is 3.08. The minimum atomic E-state index is 0. The van der Waals surface area contributed by atoms with Crippen molar-refractivity contribution in [2.75, 3.05) is 44.7 Å². The molecule has 0 unspecified atom stereocenters. The molecule has 0 atom stereocenters. The summed E-state index contributed by atoms with van der Waals surface area (Å²) in [5, 5.41) is 7.81. The van der Waals surface area contributed by atoms with Crippen molar-refractivity contribution in [2.24, 2.45) is 4.99 Å². The van der Waals surface area contributed by atoms with Gasteiger partial charge in [-0.15, -0.1) is 24.0 Å². The second kappa shape index (κ2) is 10.4. The van der Waals surface area contributed by atoms with Gasteiger partial charge in [0.05, 0.1) is 6.20 Å². The first-order chi connectivity index (χ1) is 12.3. The van der Waals surface area contributed by atoms with Gasteiger partial charge in [-0.05, 0) is 31.0 Å². The number of nitrogens with zero attached hydrogens (tertiary/aromatic N) is 5. The molecule has 0 spiro atoms. The molecule has 1 fully saturated rings. The van der Waals surface area contributed by atoms with Crippen molar-refractivity contribution in [1.82, 2.24) is 20.0 Å². The smallest absolute Gasteiger partial charge is 0.193 e. The van der Waals surface area contributed by atoms with E-state index in [9.17, 15) is 0 Å². The Morgan fingerprint density at radius 1 is 1.15 bits per heavy atom. The number of benzene rings is 1. The molecular weight excluding hydrogens is 439 g/mol. The molecule has 1 aliphatic heterocycles. The third kappa shape index (κ3) is 5.62. The standard InChI is InChI=1S/C19H28N6.HI/c1-17-15-22-25(16-17)10-6-9-21-19(20-2)24-13-11-23(12-14-24)18-7-4-3-5-8-18;/h3-5,7-8,15-16H,6,9-14H2,1-2H3,(H,20,21);1H. The lowest BCUT2D eigenvalue weighted by atomic mass is 10.2. The largest absolute Gasteiger partial charge is 0.368 e. The van der Waals surface area contributed by atoms with Crippen LogP contribution >= 0.6 is 24.0 Å². The monoisotopic (exact) mass is 468 g/mol. The Bertz CT molecular complexity index is 676. The summed E-state index contributed by atoms with van der Waals surface area (Å²) < 4.78 is 2.00. The number of hydrogen-bond donors (Lipinski definition) is 1. The SMILES string of the molecule is CN=C(NCCCn1cc(C)cn1)N1CCN(c2ccccc2)CC1.I. The number of para-hydroxylation sites is 1. The maximum atomic E-state index is 4.45. The fourth-order valence-electron chi connectivity index (χ4n) is 3.18. The maximum Gasteiger partial charge on any atom is 0.193 e. The number of hydrogen-bond acceptors (Lipinski definition) is 3. The Kier molecular flexibility index (Phi) is 8.21. The number of aryl methyl sites for hydroxylation is 2. The second-order valence-electron chi connectivity index (χ2n) is 6.42. The third-order valence-electron chi connectivity index (χ3n) is 4.52. The Morgan fingerprint density at radius 3 is 2.50 bits per heavy atom. The van der Waals surface area contributed by atoms with Crippen molar-refractivity contribution in [3.8, 4) is 0 Å². The van der Waals surface area contributed by atoms with Crippen LogP contribution in [-0.2, 0) is 6.54 Å². The number of anilines is 1. The molecular formula is C19H29IN6. The molecule has 2 aromatic rings. The topological polar surface area (TPSA) is 48.7 Å². The summed E-state index contributed by atoms with van der Waals surface area (Å²) in [4.78, 5) is 9.23. The van der Waals surface area contributed by atoms with Crippen LogP contribution in [0.3, 0.4) is 0 Å². The lowest BCUT2D eigenvalue weighted by Crippen LogP contribution is -2.52. The van der Waals surface area contributed by atoms with Gasteiger partial charge in [-0.3, -0.25) is 9.67 Å². The lowest BCUT2D eigenvalue weighted by molar-refractivity contribution is 0.371. The summed E-state index contributed by atoms with van der Waals surface area (Å²) in [6.07, 6.45) is 5.01. The number of rotatable bonds is 5. The summed E-state index contributed by atoms with van der Waals surface area (Å²) in [7, 11) is 1.86. The first-order valence-electron chi connectivity index (χ1n) is 9.01. The van der Waals surface area contributed by atoms with Gasteiger partial charge in [-0.2, -0.15) is 5.10 Å². The normalized spacial score (nSPS) is 14.9. The number of guanidine groups is 1. The van der Waals surface area contributed by atoms with Crippen molar-refractivity contribution in [3.63, 3.8) is 0 Å². The lowest BCUT2D eigenvalue weighted by Gasteiger charge is -2.37. The zero-order chi connectivity index (χ0) is 17.5. The van der Waals surface area contributed by atoms with Crippen LogP contribution in [0.15, 0.2) is 47.7 Å². The summed E-state index contributed by atoms with van der Waals surface area (Å²) in [5.74, 6) is 1.00. The summed E-state index contributed by atoms with van der Waals surface area (Å²) in [6.45, 7) is 7.94. The molecule has 1 aromatic heterocycles. The minimum Gasteiger partial charge on any atom is -0.368 e. The molecule has 6 nitrogen and oxygen atoms in total. The number of halogens is 1. The number of aliphatic imine (C=N–C) groups is 1. The summed E-state index contributed by atoms with van der Waals surface area (Å²) >= 11 is 0. The predicted octanol–water partition coefficient (Wildman–Crippen LogP) is 2.60. The van der Waals surface area contributed by atoms with E-state index < -0.39 is 0 Å².